The van der Waals surface area contributed by atoms with E-state index in [0.29, 0.717) is 0 Å². The molecule has 7 heteroatoms. The first-order valence-electron chi connectivity index (χ1n) is 6.26. The van der Waals surface area contributed by atoms with E-state index in [0.717, 1.165) is 33.1 Å². The second-order valence-corrected chi connectivity index (χ2v) is 5.57. The van der Waals surface area contributed by atoms with Crippen molar-refractivity contribution in [2.75, 3.05) is 11.1 Å². The van der Waals surface area contributed by atoms with Gasteiger partial charge in [-0.05, 0) is 32.2 Å². The van der Waals surface area contributed by atoms with Gasteiger partial charge in [0.1, 0.15) is 16.4 Å². The Morgan fingerprint density at radius 3 is 2.85 bits per heavy atom. The zero-order valence-corrected chi connectivity index (χ0v) is 12.3. The molecule has 20 heavy (non-hydrogen) atoms. The molecule has 3 aromatic rings. The number of nitrogens with two attached hydrogens (primary N) is 1. The molecule has 104 valence electrons. The molecule has 0 aliphatic carbocycles. The van der Waals surface area contributed by atoms with Crippen LogP contribution >= 0.6 is 11.3 Å². The number of aromatic nitrogens is 3. The Morgan fingerprint density at radius 2 is 2.15 bits per heavy atom. The Kier molecular flexibility index (Phi) is 3.06. The van der Waals surface area contributed by atoms with Crippen LogP contribution in [0.4, 0.5) is 11.8 Å². The monoisotopic (exact) mass is 289 g/mol. The van der Waals surface area contributed by atoms with Gasteiger partial charge in [0, 0.05) is 5.56 Å². The molecule has 1 atom stereocenters. The van der Waals surface area contributed by atoms with E-state index < -0.39 is 0 Å². The number of hydrogen-bond donors (Lipinski definition) is 2. The molecule has 0 saturated carbocycles. The van der Waals surface area contributed by atoms with E-state index in [9.17, 15) is 0 Å². The van der Waals surface area contributed by atoms with Crippen LogP contribution in [-0.4, -0.2) is 15.1 Å². The molecule has 0 aliphatic heterocycles. The van der Waals surface area contributed by atoms with Crippen LogP contribution in [0.3, 0.4) is 0 Å². The van der Waals surface area contributed by atoms with Gasteiger partial charge in [-0.25, -0.2) is 4.98 Å². The standard InChI is InChI=1S/C13H15N5OS/c1-6(10-7(2)18-19-8(10)3)15-11-9-4-5-20-12(9)17-13(14)16-11/h4-6H,1-3H3,(H3,14,15,16,17). The van der Waals surface area contributed by atoms with E-state index in [1.54, 1.807) is 11.3 Å². The third-order valence-electron chi connectivity index (χ3n) is 3.22. The number of hydrogen-bond acceptors (Lipinski definition) is 7. The first-order chi connectivity index (χ1) is 9.56. The number of nitrogen functional groups attached to an aromatic ring is 1. The molecular formula is C13H15N5OS. The SMILES string of the molecule is Cc1noc(C)c1C(C)Nc1nc(N)nc2sccc12. The summed E-state index contributed by atoms with van der Waals surface area (Å²) in [6.45, 7) is 5.88. The summed E-state index contributed by atoms with van der Waals surface area (Å²) in [4.78, 5) is 9.39. The lowest BCUT2D eigenvalue weighted by molar-refractivity contribution is 0.392. The summed E-state index contributed by atoms with van der Waals surface area (Å²) in [6.07, 6.45) is 0. The van der Waals surface area contributed by atoms with Crippen LogP contribution in [0.5, 0.6) is 0 Å². The zero-order chi connectivity index (χ0) is 14.3. The predicted octanol–water partition coefficient (Wildman–Crippen LogP) is 3.05. The predicted molar refractivity (Wildman–Crippen MR) is 79.8 cm³/mol. The van der Waals surface area contributed by atoms with Crippen molar-refractivity contribution in [3.8, 4) is 0 Å². The van der Waals surface area contributed by atoms with Crippen LogP contribution < -0.4 is 11.1 Å². The molecule has 3 heterocycles. The van der Waals surface area contributed by atoms with Crippen LogP contribution in [0.2, 0.25) is 0 Å². The van der Waals surface area contributed by atoms with Crippen molar-refractivity contribution in [1.29, 1.82) is 0 Å². The molecule has 3 N–H and O–H groups in total. The molecule has 0 fully saturated rings. The molecule has 3 aromatic heterocycles. The normalized spacial score (nSPS) is 12.8. The average Bonchev–Trinajstić information content (AvgIpc) is 2.96. The van der Waals surface area contributed by atoms with E-state index in [2.05, 4.69) is 20.4 Å². The lowest BCUT2D eigenvalue weighted by Gasteiger charge is -2.15. The average molecular weight is 289 g/mol. The maximum absolute atomic E-state index is 5.75. The number of nitrogens with one attached hydrogen (secondary N) is 1. The van der Waals surface area contributed by atoms with Gasteiger partial charge in [0.25, 0.3) is 0 Å². The third kappa shape index (κ3) is 2.09. The minimum absolute atomic E-state index is 0.0265. The van der Waals surface area contributed by atoms with Crippen LogP contribution in [-0.2, 0) is 0 Å². The molecule has 0 bridgehead atoms. The Hall–Kier alpha value is -2.15. The summed E-state index contributed by atoms with van der Waals surface area (Å²) in [5.74, 6) is 1.82. The lowest BCUT2D eigenvalue weighted by atomic mass is 10.1. The number of fused-ring (bicyclic) bond motifs is 1. The Balaban J connectivity index is 1.99. The highest BCUT2D eigenvalue weighted by Crippen LogP contribution is 2.30. The first-order valence-corrected chi connectivity index (χ1v) is 7.14. The summed E-state index contributed by atoms with van der Waals surface area (Å²) in [7, 11) is 0. The number of anilines is 2. The number of thiophene rings is 1. The molecule has 6 nitrogen and oxygen atoms in total. The van der Waals surface area contributed by atoms with E-state index in [1.807, 2.05) is 32.2 Å². The summed E-state index contributed by atoms with van der Waals surface area (Å²) < 4.78 is 5.20. The van der Waals surface area contributed by atoms with Crippen LogP contribution in [0, 0.1) is 13.8 Å². The topological polar surface area (TPSA) is 89.9 Å². The van der Waals surface area contributed by atoms with Gasteiger partial charge < -0.3 is 15.6 Å². The second-order valence-electron chi connectivity index (χ2n) is 4.67. The van der Waals surface area contributed by atoms with E-state index in [-0.39, 0.29) is 12.0 Å². The molecular weight excluding hydrogens is 274 g/mol. The molecule has 0 saturated heterocycles. The largest absolute Gasteiger partial charge is 0.368 e. The van der Waals surface area contributed by atoms with E-state index in [1.165, 1.54) is 0 Å². The lowest BCUT2D eigenvalue weighted by Crippen LogP contribution is -2.11. The smallest absolute Gasteiger partial charge is 0.223 e. The van der Waals surface area contributed by atoms with Gasteiger partial charge in [0.2, 0.25) is 5.95 Å². The molecule has 1 unspecified atom stereocenters. The maximum Gasteiger partial charge on any atom is 0.223 e. The molecule has 0 aliphatic rings. The maximum atomic E-state index is 5.75. The Bertz CT molecular complexity index is 744. The fourth-order valence-electron chi connectivity index (χ4n) is 2.37. The second kappa shape index (κ2) is 4.75. The van der Waals surface area contributed by atoms with Gasteiger partial charge in [-0.2, -0.15) is 4.98 Å². The molecule has 0 spiro atoms. The summed E-state index contributed by atoms with van der Waals surface area (Å²) in [6, 6.07) is 2.01. The fourth-order valence-corrected chi connectivity index (χ4v) is 3.14. The highest BCUT2D eigenvalue weighted by Gasteiger charge is 2.18. The number of aryl methyl sites for hydroxylation is 2. The Labute approximate surface area is 120 Å². The van der Waals surface area contributed by atoms with Crippen LogP contribution in [0.15, 0.2) is 16.0 Å². The van der Waals surface area contributed by atoms with Crippen molar-refractivity contribution in [3.63, 3.8) is 0 Å². The van der Waals surface area contributed by atoms with Crippen molar-refractivity contribution in [1.82, 2.24) is 15.1 Å². The van der Waals surface area contributed by atoms with Crippen molar-refractivity contribution in [2.45, 2.75) is 26.8 Å². The first kappa shape index (κ1) is 12.9. The molecule has 3 rings (SSSR count). The Morgan fingerprint density at radius 1 is 1.35 bits per heavy atom. The minimum atomic E-state index is 0.0265. The summed E-state index contributed by atoms with van der Waals surface area (Å²) in [5, 5.41) is 10.3. The van der Waals surface area contributed by atoms with E-state index in [4.69, 9.17) is 10.3 Å². The van der Waals surface area contributed by atoms with Crippen LogP contribution in [0.1, 0.15) is 30.0 Å². The van der Waals surface area contributed by atoms with Crippen molar-refractivity contribution in [2.24, 2.45) is 0 Å². The highest BCUT2D eigenvalue weighted by atomic mass is 32.1. The minimum Gasteiger partial charge on any atom is -0.368 e. The van der Waals surface area contributed by atoms with Crippen molar-refractivity contribution in [3.05, 3.63) is 28.5 Å². The third-order valence-corrected chi connectivity index (χ3v) is 4.02. The van der Waals surface area contributed by atoms with Crippen molar-refractivity contribution < 1.29 is 4.52 Å². The van der Waals surface area contributed by atoms with Crippen LogP contribution in [0.25, 0.3) is 10.2 Å². The van der Waals surface area contributed by atoms with Crippen molar-refractivity contribution >= 4 is 33.3 Å². The number of rotatable bonds is 3. The van der Waals surface area contributed by atoms with Gasteiger partial charge in [-0.3, -0.25) is 0 Å². The fraction of sp³-hybridized carbons (Fsp3) is 0.308. The molecule has 0 radical (unpaired) electrons. The number of nitrogens with zero attached hydrogens (tertiary/aromatic N) is 3. The molecule has 0 aromatic carbocycles. The molecule has 0 amide bonds. The van der Waals surface area contributed by atoms with E-state index >= 15 is 0 Å². The quantitative estimate of drug-likeness (QED) is 0.770. The van der Waals surface area contributed by atoms with Gasteiger partial charge in [-0.15, -0.1) is 11.3 Å². The van der Waals surface area contributed by atoms with Gasteiger partial charge in [0.15, 0.2) is 0 Å². The zero-order valence-electron chi connectivity index (χ0n) is 11.5. The van der Waals surface area contributed by atoms with Gasteiger partial charge in [-0.1, -0.05) is 5.16 Å². The van der Waals surface area contributed by atoms with Gasteiger partial charge >= 0.3 is 0 Å². The summed E-state index contributed by atoms with van der Waals surface area (Å²) in [5.41, 5.74) is 7.68. The highest BCUT2D eigenvalue weighted by molar-refractivity contribution is 7.16. The van der Waals surface area contributed by atoms with Gasteiger partial charge in [0.05, 0.1) is 17.1 Å². The summed E-state index contributed by atoms with van der Waals surface area (Å²) >= 11 is 1.54.